The smallest absolute Gasteiger partial charge is 0.414 e. The number of carbonyl (C=O) groups excluding carboxylic acids is 2. The van der Waals surface area contributed by atoms with E-state index >= 15 is 0 Å². The SMILES string of the molecule is [C-]#[N+]C=C1CCN(c2ccc(N3C[C@H](CNC(=O)CN)OC3=O)cc2F)CC1. The second-order valence-electron chi connectivity index (χ2n) is 6.66. The van der Waals surface area contributed by atoms with Crippen molar-refractivity contribution in [2.24, 2.45) is 5.73 Å². The van der Waals surface area contributed by atoms with Crippen molar-refractivity contribution in [3.8, 4) is 0 Å². The molecule has 0 bridgehead atoms. The summed E-state index contributed by atoms with van der Waals surface area (Å²) in [6, 6.07) is 4.66. The standard InChI is InChI=1S/C19H22FN5O3/c1-22-10-13-4-6-24(7-5-13)17-3-2-14(8-16(17)20)25-12-15(28-19(25)27)11-23-18(26)9-21/h2-3,8,10,15H,4-7,9,11-12,21H2,(H,23,26)/t15-/m0/s1. The maximum atomic E-state index is 14.7. The fourth-order valence-electron chi connectivity index (χ4n) is 3.31. The van der Waals surface area contributed by atoms with Gasteiger partial charge in [0, 0.05) is 13.1 Å². The average Bonchev–Trinajstić information content (AvgIpc) is 3.07. The molecule has 2 saturated heterocycles. The minimum absolute atomic E-state index is 0.136. The van der Waals surface area contributed by atoms with E-state index in [1.165, 1.54) is 11.0 Å². The highest BCUT2D eigenvalue weighted by molar-refractivity contribution is 5.90. The van der Waals surface area contributed by atoms with Gasteiger partial charge in [0.05, 0.1) is 37.6 Å². The molecule has 8 nitrogen and oxygen atoms in total. The molecule has 2 heterocycles. The fourth-order valence-corrected chi connectivity index (χ4v) is 3.31. The van der Waals surface area contributed by atoms with Gasteiger partial charge in [-0.2, -0.15) is 0 Å². The van der Waals surface area contributed by atoms with Crippen LogP contribution in [0, 0.1) is 12.4 Å². The largest absolute Gasteiger partial charge is 0.442 e. The van der Waals surface area contributed by atoms with Crippen molar-refractivity contribution in [3.63, 3.8) is 0 Å². The minimum Gasteiger partial charge on any atom is -0.442 e. The quantitative estimate of drug-likeness (QED) is 0.750. The number of piperidine rings is 1. The molecule has 28 heavy (non-hydrogen) atoms. The molecule has 2 aliphatic heterocycles. The van der Waals surface area contributed by atoms with Gasteiger partial charge in [-0.1, -0.05) is 5.57 Å². The van der Waals surface area contributed by atoms with Gasteiger partial charge < -0.3 is 20.7 Å². The van der Waals surface area contributed by atoms with E-state index in [2.05, 4.69) is 10.2 Å². The zero-order valence-corrected chi connectivity index (χ0v) is 15.4. The van der Waals surface area contributed by atoms with E-state index in [1.54, 1.807) is 18.3 Å². The van der Waals surface area contributed by atoms with Gasteiger partial charge in [0.2, 0.25) is 5.91 Å². The molecule has 2 aliphatic rings. The molecule has 1 aromatic rings. The van der Waals surface area contributed by atoms with E-state index in [0.717, 1.165) is 18.4 Å². The van der Waals surface area contributed by atoms with Gasteiger partial charge in [0.25, 0.3) is 0 Å². The van der Waals surface area contributed by atoms with Gasteiger partial charge in [0.15, 0.2) is 6.20 Å². The van der Waals surface area contributed by atoms with Crippen LogP contribution < -0.4 is 20.9 Å². The molecule has 0 unspecified atom stereocenters. The summed E-state index contributed by atoms with van der Waals surface area (Å²) in [5, 5.41) is 2.57. The van der Waals surface area contributed by atoms with Crippen LogP contribution in [0.25, 0.3) is 4.85 Å². The third-order valence-corrected chi connectivity index (χ3v) is 4.82. The van der Waals surface area contributed by atoms with Crippen LogP contribution in [0.3, 0.4) is 0 Å². The van der Waals surface area contributed by atoms with Crippen LogP contribution in [0.5, 0.6) is 0 Å². The third kappa shape index (κ3) is 4.40. The summed E-state index contributed by atoms with van der Waals surface area (Å²) >= 11 is 0. The number of nitrogens with zero attached hydrogens (tertiary/aromatic N) is 3. The highest BCUT2D eigenvalue weighted by Crippen LogP contribution is 2.30. The molecule has 1 aromatic carbocycles. The first-order valence-electron chi connectivity index (χ1n) is 9.05. The van der Waals surface area contributed by atoms with Gasteiger partial charge in [-0.15, -0.1) is 0 Å². The summed E-state index contributed by atoms with van der Waals surface area (Å²) in [6.07, 6.45) is 1.92. The van der Waals surface area contributed by atoms with Crippen LogP contribution in [0.15, 0.2) is 30.0 Å². The second kappa shape index (κ2) is 8.71. The highest BCUT2D eigenvalue weighted by Gasteiger charge is 2.33. The number of benzene rings is 1. The fraction of sp³-hybridized carbons (Fsp3) is 0.421. The third-order valence-electron chi connectivity index (χ3n) is 4.82. The highest BCUT2D eigenvalue weighted by atomic mass is 19.1. The number of halogens is 1. The molecule has 3 N–H and O–H groups in total. The van der Waals surface area contributed by atoms with E-state index in [4.69, 9.17) is 17.0 Å². The molecule has 148 valence electrons. The topological polar surface area (TPSA) is 92.3 Å². The van der Waals surface area contributed by atoms with Crippen LogP contribution in [-0.2, 0) is 9.53 Å². The Bertz CT molecular complexity index is 825. The first kappa shape index (κ1) is 19.6. The van der Waals surface area contributed by atoms with Gasteiger partial charge in [-0.25, -0.2) is 14.0 Å². The Balaban J connectivity index is 1.64. The summed E-state index contributed by atoms with van der Waals surface area (Å²) in [6.45, 7) is 8.42. The number of nitrogens with two attached hydrogens (primary N) is 1. The lowest BCUT2D eigenvalue weighted by Gasteiger charge is -2.31. The first-order chi connectivity index (χ1) is 13.5. The van der Waals surface area contributed by atoms with Gasteiger partial charge >= 0.3 is 6.09 Å². The average molecular weight is 387 g/mol. The van der Waals surface area contributed by atoms with Crippen molar-refractivity contribution >= 4 is 23.4 Å². The maximum absolute atomic E-state index is 14.7. The molecule has 0 spiro atoms. The zero-order valence-electron chi connectivity index (χ0n) is 15.4. The summed E-state index contributed by atoms with van der Waals surface area (Å²) in [5.41, 5.74) is 7.19. The molecule has 0 aliphatic carbocycles. The van der Waals surface area contributed by atoms with Gasteiger partial charge in [-0.3, -0.25) is 9.69 Å². The number of cyclic esters (lactones) is 1. The number of rotatable bonds is 5. The summed E-state index contributed by atoms with van der Waals surface area (Å²) in [4.78, 5) is 29.9. The van der Waals surface area contributed by atoms with Crippen LogP contribution in [0.4, 0.5) is 20.6 Å². The molecule has 9 heteroatoms. The number of ether oxygens (including phenoxy) is 1. The van der Waals surface area contributed by atoms with Crippen LogP contribution in [0.1, 0.15) is 12.8 Å². The molecular formula is C19H22FN5O3. The Morgan fingerprint density at radius 2 is 2.18 bits per heavy atom. The number of nitrogens with one attached hydrogen (secondary N) is 1. The van der Waals surface area contributed by atoms with Crippen molar-refractivity contribution < 1.29 is 18.7 Å². The summed E-state index contributed by atoms with van der Waals surface area (Å²) in [7, 11) is 0. The second-order valence-corrected chi connectivity index (χ2v) is 6.66. The number of amides is 2. The van der Waals surface area contributed by atoms with Crippen molar-refractivity contribution in [2.45, 2.75) is 18.9 Å². The van der Waals surface area contributed by atoms with E-state index in [9.17, 15) is 14.0 Å². The van der Waals surface area contributed by atoms with Crippen molar-refractivity contribution in [1.29, 1.82) is 0 Å². The number of carbonyl (C=O) groups is 2. The van der Waals surface area contributed by atoms with Crippen molar-refractivity contribution in [3.05, 3.63) is 47.2 Å². The summed E-state index contributed by atoms with van der Waals surface area (Å²) in [5.74, 6) is -0.747. The predicted octanol–water partition coefficient (Wildman–Crippen LogP) is 1.63. The maximum Gasteiger partial charge on any atom is 0.414 e. The molecule has 2 amide bonds. The Morgan fingerprint density at radius 3 is 2.82 bits per heavy atom. The molecule has 3 rings (SSSR count). The number of hydrogen-bond acceptors (Lipinski definition) is 5. The normalized spacial score (nSPS) is 19.2. The van der Waals surface area contributed by atoms with Crippen molar-refractivity contribution in [1.82, 2.24) is 5.32 Å². The Hall–Kier alpha value is -3.12. The zero-order chi connectivity index (χ0) is 20.1. The Labute approximate surface area is 162 Å². The molecule has 1 atom stereocenters. The first-order valence-corrected chi connectivity index (χ1v) is 9.05. The van der Waals surface area contributed by atoms with Crippen LogP contribution >= 0.6 is 0 Å². The van der Waals surface area contributed by atoms with E-state index in [-0.39, 0.29) is 25.5 Å². The Kier molecular flexibility index (Phi) is 6.11. The van der Waals surface area contributed by atoms with Crippen molar-refractivity contribution in [2.75, 3.05) is 42.5 Å². The number of anilines is 2. The lowest BCUT2D eigenvalue weighted by atomic mass is 10.0. The molecule has 2 fully saturated rings. The van der Waals surface area contributed by atoms with Crippen LogP contribution in [-0.4, -0.2) is 50.8 Å². The Morgan fingerprint density at radius 1 is 1.43 bits per heavy atom. The monoisotopic (exact) mass is 387 g/mol. The lowest BCUT2D eigenvalue weighted by Crippen LogP contribution is -2.37. The van der Waals surface area contributed by atoms with Crippen LogP contribution in [0.2, 0.25) is 0 Å². The molecular weight excluding hydrogens is 365 g/mol. The predicted molar refractivity (Wildman–Crippen MR) is 102 cm³/mol. The molecule has 0 aromatic heterocycles. The summed E-state index contributed by atoms with van der Waals surface area (Å²) < 4.78 is 19.9. The van der Waals surface area contributed by atoms with Gasteiger partial charge in [-0.05, 0) is 31.0 Å². The minimum atomic E-state index is -0.578. The lowest BCUT2D eigenvalue weighted by molar-refractivity contribution is -0.120. The van der Waals surface area contributed by atoms with E-state index < -0.39 is 18.0 Å². The molecule has 0 saturated carbocycles. The molecule has 0 radical (unpaired) electrons. The van der Waals surface area contributed by atoms with E-state index in [0.29, 0.717) is 24.5 Å². The van der Waals surface area contributed by atoms with Gasteiger partial charge in [0.1, 0.15) is 11.9 Å². The number of hydrogen-bond donors (Lipinski definition) is 2. The van der Waals surface area contributed by atoms with E-state index in [1.807, 2.05) is 4.90 Å².